The number of benzene rings is 1. The highest BCUT2D eigenvalue weighted by Gasteiger charge is 2.01. The van der Waals surface area contributed by atoms with Crippen molar-refractivity contribution in [2.24, 2.45) is 10.2 Å². The number of azo groups is 1. The molecule has 0 atom stereocenters. The number of aromatic nitrogens is 2. The molecule has 5 heteroatoms. The monoisotopic (exact) mass is 289 g/mol. The van der Waals surface area contributed by atoms with Crippen LogP contribution in [-0.4, -0.2) is 9.97 Å². The number of hydrogen-bond acceptors (Lipinski definition) is 5. The van der Waals surface area contributed by atoms with Gasteiger partial charge >= 0.3 is 0 Å². The third kappa shape index (κ3) is 3.73. The molecule has 0 saturated carbocycles. The summed E-state index contributed by atoms with van der Waals surface area (Å²) in [7, 11) is 0. The summed E-state index contributed by atoms with van der Waals surface area (Å²) in [5.41, 5.74) is 3.40. The summed E-state index contributed by atoms with van der Waals surface area (Å²) in [6.07, 6.45) is 5.17. The van der Waals surface area contributed by atoms with E-state index in [1.165, 1.54) is 0 Å². The molecule has 2 heterocycles. The first kappa shape index (κ1) is 13.9. The van der Waals surface area contributed by atoms with Crippen LogP contribution in [-0.2, 0) is 6.54 Å². The number of nitrogens with zero attached hydrogens (tertiary/aromatic N) is 4. The SMILES string of the molecule is c1ccc(CNc2ccccc2N=Nc2cccnc2)nc1. The maximum Gasteiger partial charge on any atom is 0.109 e. The van der Waals surface area contributed by atoms with Crippen LogP contribution >= 0.6 is 0 Å². The van der Waals surface area contributed by atoms with Crippen molar-refractivity contribution >= 4 is 17.1 Å². The first-order valence-corrected chi connectivity index (χ1v) is 6.96. The molecule has 3 rings (SSSR count). The lowest BCUT2D eigenvalue weighted by Gasteiger charge is -2.08. The predicted molar refractivity (Wildman–Crippen MR) is 86.4 cm³/mol. The minimum absolute atomic E-state index is 0.639. The lowest BCUT2D eigenvalue weighted by atomic mass is 10.2. The zero-order valence-corrected chi connectivity index (χ0v) is 11.9. The van der Waals surface area contributed by atoms with Gasteiger partial charge in [-0.15, -0.1) is 10.2 Å². The van der Waals surface area contributed by atoms with Crippen molar-refractivity contribution < 1.29 is 0 Å². The Morgan fingerprint density at radius 1 is 0.864 bits per heavy atom. The minimum Gasteiger partial charge on any atom is -0.378 e. The van der Waals surface area contributed by atoms with Gasteiger partial charge < -0.3 is 5.32 Å². The number of nitrogens with one attached hydrogen (secondary N) is 1. The molecule has 0 aliphatic heterocycles. The molecule has 0 aliphatic carbocycles. The molecule has 0 unspecified atom stereocenters. The van der Waals surface area contributed by atoms with Crippen molar-refractivity contribution in [3.63, 3.8) is 0 Å². The zero-order valence-electron chi connectivity index (χ0n) is 11.9. The molecule has 0 spiro atoms. The molecule has 2 aromatic heterocycles. The van der Waals surface area contributed by atoms with Gasteiger partial charge in [0, 0.05) is 12.4 Å². The van der Waals surface area contributed by atoms with Crippen LogP contribution in [0.3, 0.4) is 0 Å². The number of rotatable bonds is 5. The van der Waals surface area contributed by atoms with E-state index >= 15 is 0 Å². The van der Waals surface area contributed by atoms with E-state index < -0.39 is 0 Å². The van der Waals surface area contributed by atoms with E-state index in [-0.39, 0.29) is 0 Å². The van der Waals surface area contributed by atoms with Crippen LogP contribution in [0.1, 0.15) is 5.69 Å². The second-order valence-electron chi connectivity index (χ2n) is 4.60. The van der Waals surface area contributed by atoms with Gasteiger partial charge in [-0.05, 0) is 36.4 Å². The summed E-state index contributed by atoms with van der Waals surface area (Å²) in [5, 5.41) is 11.8. The molecule has 0 saturated heterocycles. The molecule has 0 fully saturated rings. The van der Waals surface area contributed by atoms with E-state index in [9.17, 15) is 0 Å². The van der Waals surface area contributed by atoms with Crippen LogP contribution in [0.5, 0.6) is 0 Å². The van der Waals surface area contributed by atoms with Crippen LogP contribution in [0, 0.1) is 0 Å². The van der Waals surface area contributed by atoms with Gasteiger partial charge in [-0.1, -0.05) is 18.2 Å². The second kappa shape index (κ2) is 7.08. The lowest BCUT2D eigenvalue weighted by Crippen LogP contribution is -2.01. The number of pyridine rings is 2. The Hall–Kier alpha value is -3.08. The Labute approximate surface area is 128 Å². The highest BCUT2D eigenvalue weighted by atomic mass is 15.1. The van der Waals surface area contributed by atoms with E-state index in [0.717, 1.165) is 22.8 Å². The van der Waals surface area contributed by atoms with Crippen LogP contribution in [0.4, 0.5) is 17.1 Å². The van der Waals surface area contributed by atoms with Crippen molar-refractivity contribution in [2.45, 2.75) is 6.54 Å². The lowest BCUT2D eigenvalue weighted by molar-refractivity contribution is 1.04. The molecule has 3 aromatic rings. The fourth-order valence-electron chi connectivity index (χ4n) is 1.92. The maximum atomic E-state index is 4.29. The Morgan fingerprint density at radius 3 is 2.59 bits per heavy atom. The third-order valence-electron chi connectivity index (χ3n) is 3.01. The molecule has 1 aromatic carbocycles. The standard InChI is InChI=1S/C17H15N5/c1-2-9-17(22-21-15-7-5-10-18-12-15)16(8-1)20-13-14-6-3-4-11-19-14/h1-12,20H,13H2. The van der Waals surface area contributed by atoms with Gasteiger partial charge in [0.15, 0.2) is 0 Å². The summed E-state index contributed by atoms with van der Waals surface area (Å²) >= 11 is 0. The third-order valence-corrected chi connectivity index (χ3v) is 3.01. The molecule has 0 amide bonds. The summed E-state index contributed by atoms with van der Waals surface area (Å²) in [6.45, 7) is 0.639. The van der Waals surface area contributed by atoms with Crippen molar-refractivity contribution in [2.75, 3.05) is 5.32 Å². The minimum atomic E-state index is 0.639. The van der Waals surface area contributed by atoms with Crippen LogP contribution in [0.2, 0.25) is 0 Å². The van der Waals surface area contributed by atoms with E-state index in [1.807, 2.05) is 54.6 Å². The largest absolute Gasteiger partial charge is 0.378 e. The van der Waals surface area contributed by atoms with E-state index in [2.05, 4.69) is 25.5 Å². The van der Waals surface area contributed by atoms with E-state index in [4.69, 9.17) is 0 Å². The quantitative estimate of drug-likeness (QED) is 0.703. The van der Waals surface area contributed by atoms with Crippen molar-refractivity contribution in [3.8, 4) is 0 Å². The fourth-order valence-corrected chi connectivity index (χ4v) is 1.92. The van der Waals surface area contributed by atoms with Crippen LogP contribution < -0.4 is 5.32 Å². The summed E-state index contributed by atoms with van der Waals surface area (Å²) in [5.74, 6) is 0. The second-order valence-corrected chi connectivity index (χ2v) is 4.60. The normalized spacial score (nSPS) is 10.7. The van der Waals surface area contributed by atoms with Gasteiger partial charge in [0.25, 0.3) is 0 Å². The van der Waals surface area contributed by atoms with Gasteiger partial charge in [0.05, 0.1) is 24.1 Å². The fraction of sp³-hybridized carbons (Fsp3) is 0.0588. The molecule has 0 bridgehead atoms. The molecule has 22 heavy (non-hydrogen) atoms. The smallest absolute Gasteiger partial charge is 0.109 e. The molecular formula is C17H15N5. The molecule has 0 radical (unpaired) electrons. The topological polar surface area (TPSA) is 62.5 Å². The molecule has 0 aliphatic rings. The van der Waals surface area contributed by atoms with E-state index in [1.54, 1.807) is 18.6 Å². The molecule has 1 N–H and O–H groups in total. The Balaban J connectivity index is 1.74. The maximum absolute atomic E-state index is 4.29. The highest BCUT2D eigenvalue weighted by Crippen LogP contribution is 2.26. The first-order valence-electron chi connectivity index (χ1n) is 6.96. The molecular weight excluding hydrogens is 274 g/mol. The number of para-hydroxylation sites is 1. The van der Waals surface area contributed by atoms with Gasteiger partial charge in [0.2, 0.25) is 0 Å². The molecule has 108 valence electrons. The van der Waals surface area contributed by atoms with Crippen molar-refractivity contribution in [1.29, 1.82) is 0 Å². The Bertz CT molecular complexity index is 741. The Kier molecular flexibility index (Phi) is 4.47. The van der Waals surface area contributed by atoms with Gasteiger partial charge in [-0.2, -0.15) is 0 Å². The van der Waals surface area contributed by atoms with Crippen LogP contribution in [0.15, 0.2) is 83.4 Å². The summed E-state index contributed by atoms with van der Waals surface area (Å²) in [6, 6.07) is 17.3. The van der Waals surface area contributed by atoms with Crippen LogP contribution in [0.25, 0.3) is 0 Å². The average molecular weight is 289 g/mol. The van der Waals surface area contributed by atoms with Gasteiger partial charge in [-0.3, -0.25) is 9.97 Å². The summed E-state index contributed by atoms with van der Waals surface area (Å²) < 4.78 is 0. The van der Waals surface area contributed by atoms with Gasteiger partial charge in [0.1, 0.15) is 11.4 Å². The molecule has 5 nitrogen and oxygen atoms in total. The number of hydrogen-bond donors (Lipinski definition) is 1. The number of anilines is 1. The first-order chi connectivity index (χ1) is 10.9. The van der Waals surface area contributed by atoms with Crippen molar-refractivity contribution in [3.05, 3.63) is 78.9 Å². The summed E-state index contributed by atoms with van der Waals surface area (Å²) in [4.78, 5) is 8.31. The van der Waals surface area contributed by atoms with Gasteiger partial charge in [-0.25, -0.2) is 0 Å². The average Bonchev–Trinajstić information content (AvgIpc) is 2.61. The highest BCUT2D eigenvalue weighted by molar-refractivity contribution is 5.65. The van der Waals surface area contributed by atoms with E-state index in [0.29, 0.717) is 6.54 Å². The Morgan fingerprint density at radius 2 is 1.77 bits per heavy atom. The zero-order chi connectivity index (χ0) is 15.0. The van der Waals surface area contributed by atoms with Crippen molar-refractivity contribution in [1.82, 2.24) is 9.97 Å². The predicted octanol–water partition coefficient (Wildman–Crippen LogP) is 4.50.